The number of aromatic amines is 1. The molecule has 0 radical (unpaired) electrons. The number of hydrogen-bond donors (Lipinski definition) is 5. The molecule has 0 aliphatic carbocycles. The zero-order valence-electron chi connectivity index (χ0n) is 22.3. The zero-order valence-corrected chi connectivity index (χ0v) is 25.7. The number of nitrogens with one attached hydrogen (secondary N) is 1. The van der Waals surface area contributed by atoms with E-state index in [0.29, 0.717) is 0 Å². The maximum absolute atomic E-state index is 15.9. The number of aliphatic hydroxyl groups excluding tert-OH is 1. The second-order valence-corrected chi connectivity index (χ2v) is 15.7. The predicted octanol–water partition coefficient (Wildman–Crippen LogP) is -0.373. The van der Waals surface area contributed by atoms with Gasteiger partial charge in [0.1, 0.15) is 23.7 Å². The average Bonchev–Trinajstić information content (AvgIpc) is 3.72. The number of aliphatic hydroxyl groups is 1. The molecular weight excluding hydrogens is 687 g/mol. The van der Waals surface area contributed by atoms with Crippen LogP contribution in [0.3, 0.4) is 0 Å². The van der Waals surface area contributed by atoms with Gasteiger partial charge in [0, 0.05) is 12.6 Å². The Morgan fingerprint density at radius 2 is 2.00 bits per heavy atom. The number of ketones is 1. The Hall–Kier alpha value is -2.53. The van der Waals surface area contributed by atoms with Crippen LogP contribution in [0.4, 0.5) is 16.2 Å². The molecule has 7 heterocycles. The van der Waals surface area contributed by atoms with E-state index in [1.165, 1.54) is 17.1 Å². The molecule has 2 unspecified atom stereocenters. The number of phosphoric acid groups is 1. The second kappa shape index (κ2) is 11.3. The number of aliphatic imine (C=N–C) groups is 1. The minimum absolute atomic E-state index is 0.0177. The van der Waals surface area contributed by atoms with Crippen molar-refractivity contribution in [3.63, 3.8) is 0 Å². The lowest BCUT2D eigenvalue weighted by atomic mass is 10.1. The number of nitrogen functional groups attached to an aromatic ring is 1. The van der Waals surface area contributed by atoms with Gasteiger partial charge in [-0.3, -0.25) is 32.7 Å². The lowest BCUT2D eigenvalue weighted by Gasteiger charge is -2.27. The van der Waals surface area contributed by atoms with Gasteiger partial charge in [-0.1, -0.05) is 5.21 Å². The predicted molar refractivity (Wildman–Crippen MR) is 153 cm³/mol. The van der Waals surface area contributed by atoms with Gasteiger partial charge in [-0.25, -0.2) is 18.9 Å². The largest absolute Gasteiger partial charge is 0.472 e. The number of carbonyl (C=O) groups is 1. The van der Waals surface area contributed by atoms with Gasteiger partial charge in [0.2, 0.25) is 5.95 Å². The summed E-state index contributed by atoms with van der Waals surface area (Å²) in [5.74, 6) is -0.714. The molecule has 20 nitrogen and oxygen atoms in total. The van der Waals surface area contributed by atoms with Crippen molar-refractivity contribution in [3.05, 3.63) is 22.4 Å². The minimum Gasteiger partial charge on any atom is -0.389 e. The number of thioether (sulfide) groups is 1. The summed E-state index contributed by atoms with van der Waals surface area (Å²) >= 11 is 6.17. The van der Waals surface area contributed by atoms with Crippen LogP contribution in [-0.2, 0) is 39.2 Å². The van der Waals surface area contributed by atoms with Gasteiger partial charge < -0.3 is 29.9 Å². The van der Waals surface area contributed by atoms with Gasteiger partial charge in [0.15, 0.2) is 40.9 Å². The quantitative estimate of drug-likeness (QED) is 0.212. The number of ether oxygens (including phenoxy) is 1. The van der Waals surface area contributed by atoms with Gasteiger partial charge in [0.05, 0.1) is 30.9 Å². The van der Waals surface area contributed by atoms with Crippen molar-refractivity contribution in [1.82, 2.24) is 34.5 Å². The molecule has 7 rings (SSSR count). The number of halogens is 1. The van der Waals surface area contributed by atoms with Crippen LogP contribution in [0.25, 0.3) is 11.2 Å². The molecule has 0 aromatic carbocycles. The number of hydrogen-bond acceptors (Lipinski definition) is 17. The lowest BCUT2D eigenvalue weighted by molar-refractivity contribution is -0.0518. The number of phosphoric ester groups is 1. The number of nitrogens with zero attached hydrogens (tertiary/aromatic N) is 7. The van der Waals surface area contributed by atoms with Gasteiger partial charge in [-0.15, -0.1) is 16.9 Å². The van der Waals surface area contributed by atoms with Crippen LogP contribution in [0.15, 0.2) is 16.1 Å². The summed E-state index contributed by atoms with van der Waals surface area (Å²) in [5.41, 5.74) is 4.90. The van der Waals surface area contributed by atoms with Crippen molar-refractivity contribution in [2.45, 2.75) is 53.9 Å². The monoisotopic (exact) mass is 709 g/mol. The van der Waals surface area contributed by atoms with Crippen molar-refractivity contribution in [2.75, 3.05) is 18.9 Å². The van der Waals surface area contributed by atoms with Crippen molar-refractivity contribution >= 4 is 73.0 Å². The summed E-state index contributed by atoms with van der Waals surface area (Å²) in [4.78, 5) is 60.6. The first-order chi connectivity index (χ1) is 21.3. The molecular formula is C20H22FN9O11P2S2. The fourth-order valence-electron chi connectivity index (χ4n) is 5.25. The Kier molecular flexibility index (Phi) is 7.82. The normalized spacial score (nSPS) is 38.8. The van der Waals surface area contributed by atoms with Crippen LogP contribution in [0.5, 0.6) is 0 Å². The van der Waals surface area contributed by atoms with E-state index in [1.54, 1.807) is 0 Å². The maximum atomic E-state index is 15.9. The van der Waals surface area contributed by atoms with Crippen LogP contribution in [0, 0.1) is 0 Å². The molecule has 3 saturated heterocycles. The third kappa shape index (κ3) is 5.59. The number of nitrogens with two attached hydrogens (primary N) is 1. The first kappa shape index (κ1) is 31.1. The van der Waals surface area contributed by atoms with E-state index >= 15 is 4.39 Å². The number of alkyl halides is 1. The van der Waals surface area contributed by atoms with E-state index in [-0.39, 0.29) is 35.0 Å². The van der Waals surface area contributed by atoms with Crippen LogP contribution in [0.1, 0.15) is 28.5 Å². The van der Waals surface area contributed by atoms with E-state index < -0.39 is 86.5 Å². The molecule has 0 spiro atoms. The topological polar surface area (TPSA) is 274 Å². The number of rotatable bonds is 2. The van der Waals surface area contributed by atoms with E-state index in [0.717, 1.165) is 16.4 Å². The first-order valence-corrected chi connectivity index (χ1v) is 18.0. The molecule has 4 aliphatic rings. The highest BCUT2D eigenvalue weighted by Crippen LogP contribution is 2.56. The zero-order chi connectivity index (χ0) is 31.8. The van der Waals surface area contributed by atoms with Crippen molar-refractivity contribution < 1.29 is 51.5 Å². The Morgan fingerprint density at radius 1 is 1.20 bits per heavy atom. The van der Waals surface area contributed by atoms with Crippen LogP contribution in [0.2, 0.25) is 0 Å². The van der Waals surface area contributed by atoms with Gasteiger partial charge in [0.25, 0.3) is 5.56 Å². The highest BCUT2D eigenvalue weighted by molar-refractivity contribution is 8.07. The molecule has 0 saturated carbocycles. The molecule has 3 fully saturated rings. The van der Waals surface area contributed by atoms with Crippen LogP contribution in [-0.4, -0.2) is 110 Å². The molecule has 45 heavy (non-hydrogen) atoms. The molecule has 3 aromatic heterocycles. The first-order valence-electron chi connectivity index (χ1n) is 13.0. The average molecular weight is 710 g/mol. The number of carbonyl (C=O) groups excluding carboxylic acids is 1. The van der Waals surface area contributed by atoms with Gasteiger partial charge in [-0.2, -0.15) is 9.67 Å². The Balaban J connectivity index is 1.20. The molecule has 3 aromatic rings. The number of imidazole rings is 1. The standard InChI is InChI=1S/C20H22FN9O11P2S2/c21-9-13-7(39-18(9)30-15-10(27-28-30)6(31)1-2-23-15)3-38-43(36,44)41-14-12(32)8(4-37-42(34,35)40-13)45-19(14)29-5-24-11-16(29)25-20(22)26-17(11)33/h2,5,7-9,12-14,18-19,32H,1,3-4H2,(H,34,35)(H,36,44)(H3,22,25,26,33)/t7-,8-,9+,12-,13-,14-,18-,19-,43?/m1/s1. The van der Waals surface area contributed by atoms with E-state index in [2.05, 4.69) is 30.3 Å². The second-order valence-electron chi connectivity index (χ2n) is 10.2. The fraction of sp³-hybridized carbons (Fsp3) is 0.550. The number of H-pyrrole nitrogens is 1. The van der Waals surface area contributed by atoms with Crippen LogP contribution >= 0.6 is 26.3 Å². The number of Topliss-reactive ketones (excluding diaryl/α,β-unsaturated/α-hetero) is 1. The van der Waals surface area contributed by atoms with Crippen LogP contribution < -0.4 is 11.3 Å². The minimum atomic E-state index is -5.06. The molecule has 6 N–H and O–H groups in total. The Morgan fingerprint density at radius 3 is 2.80 bits per heavy atom. The molecule has 0 amide bonds. The highest BCUT2D eigenvalue weighted by Gasteiger charge is 2.54. The number of aromatic nitrogens is 7. The summed E-state index contributed by atoms with van der Waals surface area (Å²) < 4.78 is 58.5. The third-order valence-corrected chi connectivity index (χ3v) is 11.4. The van der Waals surface area contributed by atoms with E-state index in [1.807, 2.05) is 0 Å². The van der Waals surface area contributed by atoms with E-state index in [4.69, 9.17) is 40.4 Å². The molecule has 25 heteroatoms. The molecule has 4 aliphatic heterocycles. The smallest absolute Gasteiger partial charge is 0.389 e. The van der Waals surface area contributed by atoms with Gasteiger partial charge >= 0.3 is 14.5 Å². The highest BCUT2D eigenvalue weighted by atomic mass is 32.5. The van der Waals surface area contributed by atoms with Crippen molar-refractivity contribution in [2.24, 2.45) is 4.99 Å². The van der Waals surface area contributed by atoms with Gasteiger partial charge in [-0.05, 0) is 11.8 Å². The third-order valence-electron chi connectivity index (χ3n) is 7.28. The van der Waals surface area contributed by atoms with Crippen molar-refractivity contribution in [1.29, 1.82) is 0 Å². The summed E-state index contributed by atoms with van der Waals surface area (Å²) in [6.07, 6.45) is -7.55. The fourth-order valence-corrected chi connectivity index (χ4v) is 9.31. The summed E-state index contributed by atoms with van der Waals surface area (Å²) in [6, 6.07) is 0. The van der Waals surface area contributed by atoms with Crippen molar-refractivity contribution in [3.8, 4) is 0 Å². The molecule has 242 valence electrons. The number of anilines is 1. The van der Waals surface area contributed by atoms with E-state index in [9.17, 15) is 29.0 Å². The molecule has 10 atom stereocenters. The Bertz CT molecular complexity index is 1870. The maximum Gasteiger partial charge on any atom is 0.472 e. The summed E-state index contributed by atoms with van der Waals surface area (Å²) in [5, 5.41) is 16.7. The Labute approximate surface area is 258 Å². The summed E-state index contributed by atoms with van der Waals surface area (Å²) in [7, 11) is -5.06. The number of fused-ring (bicyclic) bond motifs is 5. The SMILES string of the molecule is Nc1nc2c(ncn2[C@@H]2S[C@@H]3COP(=O)(O)O[C@H]4[C@H](F)[C@H](n5nnc6c5N=CCC6=O)O[C@@H]4COP(O)(=S)O[C@@H]2[C@@H]3O)c(=O)[nH]1. The summed E-state index contributed by atoms with van der Waals surface area (Å²) in [6.45, 7) is -5.63. The molecule has 2 bridgehead atoms. The lowest BCUT2D eigenvalue weighted by Crippen LogP contribution is -2.35.